The molecule has 0 aromatic carbocycles. The van der Waals surface area contributed by atoms with Gasteiger partial charge in [-0.3, -0.25) is 9.69 Å². The number of ether oxygens (including phenoxy) is 1. The van der Waals surface area contributed by atoms with Gasteiger partial charge in [0.1, 0.15) is 17.8 Å². The number of carbonyl (C=O) groups is 1. The van der Waals surface area contributed by atoms with Gasteiger partial charge in [0, 0.05) is 12.7 Å². The summed E-state index contributed by atoms with van der Waals surface area (Å²) in [7, 11) is 0. The highest BCUT2D eigenvalue weighted by Gasteiger charge is 2.29. The van der Waals surface area contributed by atoms with E-state index in [0.29, 0.717) is 18.8 Å². The van der Waals surface area contributed by atoms with Crippen LogP contribution in [-0.2, 0) is 16.1 Å². The second kappa shape index (κ2) is 7.01. The maximum atomic E-state index is 12.0. The molecule has 0 spiro atoms. The lowest BCUT2D eigenvalue weighted by Gasteiger charge is -2.33. The Bertz CT molecular complexity index is 510. The number of nitriles is 1. The van der Waals surface area contributed by atoms with E-state index in [1.807, 2.05) is 19.1 Å². The van der Waals surface area contributed by atoms with Gasteiger partial charge in [-0.1, -0.05) is 6.42 Å². The maximum absolute atomic E-state index is 12.0. The first-order chi connectivity index (χ1) is 9.74. The third-order valence-corrected chi connectivity index (χ3v) is 3.50. The van der Waals surface area contributed by atoms with Crippen molar-refractivity contribution < 1.29 is 9.53 Å². The Morgan fingerprint density at radius 1 is 1.60 bits per heavy atom. The zero-order valence-corrected chi connectivity index (χ0v) is 11.7. The van der Waals surface area contributed by atoms with Gasteiger partial charge in [-0.25, -0.2) is 4.98 Å². The van der Waals surface area contributed by atoms with Gasteiger partial charge in [-0.15, -0.1) is 0 Å². The molecule has 1 aromatic rings. The molecule has 5 heteroatoms. The van der Waals surface area contributed by atoms with E-state index in [2.05, 4.69) is 9.88 Å². The summed E-state index contributed by atoms with van der Waals surface area (Å²) in [6, 6.07) is 5.53. The average Bonchev–Trinajstić information content (AvgIpc) is 2.48. The molecular formula is C15H19N3O2. The summed E-state index contributed by atoms with van der Waals surface area (Å²) in [5, 5.41) is 8.88. The number of hydrogen-bond donors (Lipinski definition) is 0. The van der Waals surface area contributed by atoms with Gasteiger partial charge in [-0.05, 0) is 44.0 Å². The SMILES string of the molecule is CCOC(=O)C1CCCCN1Cc1ccnc(C#N)c1. The first-order valence-electron chi connectivity index (χ1n) is 7.00. The molecule has 5 nitrogen and oxygen atoms in total. The molecule has 1 saturated heterocycles. The molecule has 2 rings (SSSR count). The number of likely N-dealkylation sites (tertiary alicyclic amines) is 1. The van der Waals surface area contributed by atoms with Gasteiger partial charge >= 0.3 is 5.97 Å². The lowest BCUT2D eigenvalue weighted by atomic mass is 10.0. The normalized spacial score (nSPS) is 19.3. The largest absolute Gasteiger partial charge is 0.465 e. The molecule has 0 N–H and O–H groups in total. The number of rotatable bonds is 4. The molecule has 0 aliphatic carbocycles. The van der Waals surface area contributed by atoms with Gasteiger partial charge in [0.25, 0.3) is 0 Å². The first-order valence-corrected chi connectivity index (χ1v) is 7.00. The highest BCUT2D eigenvalue weighted by molar-refractivity contribution is 5.75. The first kappa shape index (κ1) is 14.5. The van der Waals surface area contributed by atoms with Crippen LogP contribution in [0.4, 0.5) is 0 Å². The molecule has 106 valence electrons. The highest BCUT2D eigenvalue weighted by atomic mass is 16.5. The number of esters is 1. The van der Waals surface area contributed by atoms with E-state index in [-0.39, 0.29) is 12.0 Å². The van der Waals surface area contributed by atoms with Crippen LogP contribution in [0.1, 0.15) is 37.4 Å². The van der Waals surface area contributed by atoms with Crippen LogP contribution in [-0.4, -0.2) is 35.0 Å². The average molecular weight is 273 g/mol. The Morgan fingerprint density at radius 2 is 2.45 bits per heavy atom. The maximum Gasteiger partial charge on any atom is 0.323 e. The van der Waals surface area contributed by atoms with Crippen LogP contribution in [0, 0.1) is 11.3 Å². The third-order valence-electron chi connectivity index (χ3n) is 3.50. The number of aromatic nitrogens is 1. The summed E-state index contributed by atoms with van der Waals surface area (Å²) in [6.07, 6.45) is 4.62. The smallest absolute Gasteiger partial charge is 0.323 e. The lowest BCUT2D eigenvalue weighted by molar-refractivity contribution is -0.151. The molecule has 1 atom stereocenters. The second-order valence-electron chi connectivity index (χ2n) is 4.90. The number of nitrogens with zero attached hydrogens (tertiary/aromatic N) is 3. The van der Waals surface area contributed by atoms with E-state index in [0.717, 1.165) is 31.4 Å². The monoisotopic (exact) mass is 273 g/mol. The fourth-order valence-electron chi connectivity index (χ4n) is 2.55. The third kappa shape index (κ3) is 3.55. The van der Waals surface area contributed by atoms with Crippen molar-refractivity contribution in [1.82, 2.24) is 9.88 Å². The number of hydrogen-bond acceptors (Lipinski definition) is 5. The van der Waals surface area contributed by atoms with Gasteiger partial charge in [0.2, 0.25) is 0 Å². The van der Waals surface area contributed by atoms with Crippen molar-refractivity contribution in [3.63, 3.8) is 0 Å². The van der Waals surface area contributed by atoms with Crippen LogP contribution in [0.25, 0.3) is 0 Å². The van der Waals surface area contributed by atoms with Crippen LogP contribution in [0.3, 0.4) is 0 Å². The molecule has 1 fully saturated rings. The quantitative estimate of drug-likeness (QED) is 0.783. The second-order valence-corrected chi connectivity index (χ2v) is 4.90. The summed E-state index contributed by atoms with van der Waals surface area (Å²) >= 11 is 0. The fourth-order valence-corrected chi connectivity index (χ4v) is 2.55. The van der Waals surface area contributed by atoms with Gasteiger partial charge < -0.3 is 4.74 Å². The van der Waals surface area contributed by atoms with Crippen LogP contribution in [0.2, 0.25) is 0 Å². The van der Waals surface area contributed by atoms with Crippen LogP contribution >= 0.6 is 0 Å². The van der Waals surface area contributed by atoms with Crippen LogP contribution in [0.5, 0.6) is 0 Å². The van der Waals surface area contributed by atoms with Crippen molar-refractivity contribution in [1.29, 1.82) is 5.26 Å². The van der Waals surface area contributed by atoms with Crippen molar-refractivity contribution in [2.45, 2.75) is 38.8 Å². The minimum absolute atomic E-state index is 0.137. The van der Waals surface area contributed by atoms with Crippen molar-refractivity contribution in [2.24, 2.45) is 0 Å². The number of piperidine rings is 1. The van der Waals surface area contributed by atoms with E-state index < -0.39 is 0 Å². The molecule has 20 heavy (non-hydrogen) atoms. The highest BCUT2D eigenvalue weighted by Crippen LogP contribution is 2.20. The van der Waals surface area contributed by atoms with Gasteiger partial charge in [-0.2, -0.15) is 5.26 Å². The zero-order valence-electron chi connectivity index (χ0n) is 11.7. The Morgan fingerprint density at radius 3 is 3.20 bits per heavy atom. The molecule has 0 radical (unpaired) electrons. The molecule has 0 bridgehead atoms. The van der Waals surface area contributed by atoms with E-state index >= 15 is 0 Å². The number of carbonyl (C=O) groups excluding carboxylic acids is 1. The van der Waals surface area contributed by atoms with Crippen molar-refractivity contribution in [3.8, 4) is 6.07 Å². The Hall–Kier alpha value is -1.93. The predicted molar refractivity (Wildman–Crippen MR) is 73.6 cm³/mol. The molecule has 0 amide bonds. The Labute approximate surface area is 119 Å². The Balaban J connectivity index is 2.08. The summed E-state index contributed by atoms with van der Waals surface area (Å²) in [6.45, 7) is 3.78. The number of pyridine rings is 1. The van der Waals surface area contributed by atoms with Crippen molar-refractivity contribution in [3.05, 3.63) is 29.6 Å². The van der Waals surface area contributed by atoms with Gasteiger partial charge in [0.15, 0.2) is 0 Å². The van der Waals surface area contributed by atoms with E-state index in [1.54, 1.807) is 12.3 Å². The van der Waals surface area contributed by atoms with Crippen molar-refractivity contribution in [2.75, 3.05) is 13.2 Å². The molecule has 1 aliphatic heterocycles. The zero-order chi connectivity index (χ0) is 14.4. The molecule has 1 aliphatic rings. The molecule has 1 unspecified atom stereocenters. The molecule has 2 heterocycles. The summed E-state index contributed by atoms with van der Waals surface area (Å²) in [5.41, 5.74) is 1.42. The lowest BCUT2D eigenvalue weighted by Crippen LogP contribution is -2.44. The standard InChI is InChI=1S/C15H19N3O2/c1-2-20-15(19)14-5-3-4-8-18(14)11-12-6-7-17-13(9-12)10-16/h6-7,9,14H,2-5,8,11H2,1H3. The van der Waals surface area contributed by atoms with Crippen molar-refractivity contribution >= 4 is 5.97 Å². The van der Waals surface area contributed by atoms with E-state index in [9.17, 15) is 4.79 Å². The predicted octanol–water partition coefficient (Wildman–Crippen LogP) is 1.87. The van der Waals surface area contributed by atoms with Crippen LogP contribution in [0.15, 0.2) is 18.3 Å². The summed E-state index contributed by atoms with van der Waals surface area (Å²) in [5.74, 6) is -0.137. The molecule has 0 saturated carbocycles. The molecular weight excluding hydrogens is 254 g/mol. The van der Waals surface area contributed by atoms with E-state index in [1.165, 1.54) is 0 Å². The van der Waals surface area contributed by atoms with Gasteiger partial charge in [0.05, 0.1) is 6.61 Å². The topological polar surface area (TPSA) is 66.2 Å². The minimum Gasteiger partial charge on any atom is -0.465 e. The summed E-state index contributed by atoms with van der Waals surface area (Å²) in [4.78, 5) is 18.1. The summed E-state index contributed by atoms with van der Waals surface area (Å²) < 4.78 is 5.15. The minimum atomic E-state index is -0.164. The van der Waals surface area contributed by atoms with Crippen LogP contribution < -0.4 is 0 Å². The Kier molecular flexibility index (Phi) is 5.08. The van der Waals surface area contributed by atoms with E-state index in [4.69, 9.17) is 10.00 Å². The molecule has 1 aromatic heterocycles. The fraction of sp³-hybridized carbons (Fsp3) is 0.533.